The maximum absolute atomic E-state index is 5.62. The Kier molecular flexibility index (Phi) is 3.62. The minimum Gasteiger partial charge on any atom is -0.388 e. The SMILES string of the molecule is CC(C)C(C)OCc1nnsc1N. The number of hydrogen-bond donors (Lipinski definition) is 1. The molecule has 0 aliphatic carbocycles. The van der Waals surface area contributed by atoms with E-state index in [4.69, 9.17) is 10.5 Å². The zero-order valence-corrected chi connectivity index (χ0v) is 8.97. The largest absolute Gasteiger partial charge is 0.388 e. The molecule has 0 saturated carbocycles. The molecule has 0 bridgehead atoms. The normalized spacial score (nSPS) is 13.5. The first kappa shape index (κ1) is 10.4. The van der Waals surface area contributed by atoms with Gasteiger partial charge in [-0.1, -0.05) is 18.3 Å². The summed E-state index contributed by atoms with van der Waals surface area (Å²) in [5, 5.41) is 4.51. The fourth-order valence-corrected chi connectivity index (χ4v) is 1.15. The molecule has 0 spiro atoms. The summed E-state index contributed by atoms with van der Waals surface area (Å²) in [6, 6.07) is 0. The highest BCUT2D eigenvalue weighted by atomic mass is 32.1. The van der Waals surface area contributed by atoms with E-state index in [1.54, 1.807) is 0 Å². The van der Waals surface area contributed by atoms with Crippen LogP contribution in [-0.2, 0) is 11.3 Å². The van der Waals surface area contributed by atoms with Crippen LogP contribution >= 0.6 is 11.5 Å². The Balaban J connectivity index is 2.39. The van der Waals surface area contributed by atoms with Crippen molar-refractivity contribution in [1.82, 2.24) is 9.59 Å². The second-order valence-electron chi connectivity index (χ2n) is 3.34. The molecular formula is C8H15N3OS. The van der Waals surface area contributed by atoms with E-state index in [9.17, 15) is 0 Å². The van der Waals surface area contributed by atoms with Crippen LogP contribution in [0.25, 0.3) is 0 Å². The van der Waals surface area contributed by atoms with E-state index in [2.05, 4.69) is 23.4 Å². The summed E-state index contributed by atoms with van der Waals surface area (Å²) in [7, 11) is 0. The van der Waals surface area contributed by atoms with Gasteiger partial charge in [-0.25, -0.2) is 0 Å². The first-order chi connectivity index (χ1) is 6.11. The lowest BCUT2D eigenvalue weighted by molar-refractivity contribution is 0.0221. The standard InChI is InChI=1S/C8H15N3OS/c1-5(2)6(3)12-4-7-8(9)13-11-10-7/h5-6H,4,9H2,1-3H3. The number of aromatic nitrogens is 2. The maximum Gasteiger partial charge on any atom is 0.133 e. The number of anilines is 1. The van der Waals surface area contributed by atoms with E-state index in [0.29, 0.717) is 17.5 Å². The first-order valence-electron chi connectivity index (χ1n) is 4.29. The zero-order chi connectivity index (χ0) is 9.84. The van der Waals surface area contributed by atoms with Gasteiger partial charge in [-0.15, -0.1) is 5.10 Å². The van der Waals surface area contributed by atoms with Crippen LogP contribution in [0.1, 0.15) is 26.5 Å². The van der Waals surface area contributed by atoms with E-state index in [-0.39, 0.29) is 6.10 Å². The molecule has 1 rings (SSSR count). The van der Waals surface area contributed by atoms with Gasteiger partial charge >= 0.3 is 0 Å². The van der Waals surface area contributed by atoms with Crippen molar-refractivity contribution >= 4 is 16.5 Å². The van der Waals surface area contributed by atoms with Gasteiger partial charge in [0.1, 0.15) is 10.7 Å². The fraction of sp³-hybridized carbons (Fsp3) is 0.750. The van der Waals surface area contributed by atoms with Crippen LogP contribution in [0.3, 0.4) is 0 Å². The molecule has 1 heterocycles. The number of nitrogens with zero attached hydrogens (tertiary/aromatic N) is 2. The lowest BCUT2D eigenvalue weighted by atomic mass is 10.1. The summed E-state index contributed by atoms with van der Waals surface area (Å²) in [5.41, 5.74) is 6.36. The van der Waals surface area contributed by atoms with E-state index in [0.717, 1.165) is 5.69 Å². The van der Waals surface area contributed by atoms with Crippen molar-refractivity contribution in [3.05, 3.63) is 5.69 Å². The summed E-state index contributed by atoms with van der Waals surface area (Å²) in [4.78, 5) is 0. The van der Waals surface area contributed by atoms with Crippen LogP contribution in [0.2, 0.25) is 0 Å². The lowest BCUT2D eigenvalue weighted by Crippen LogP contribution is -2.15. The Labute approximate surface area is 82.3 Å². The minimum absolute atomic E-state index is 0.223. The fourth-order valence-electron chi connectivity index (χ4n) is 0.718. The average Bonchev–Trinajstić information content (AvgIpc) is 2.47. The average molecular weight is 201 g/mol. The highest BCUT2D eigenvalue weighted by Gasteiger charge is 2.10. The summed E-state index contributed by atoms with van der Waals surface area (Å²) < 4.78 is 9.28. The molecule has 0 radical (unpaired) electrons. The van der Waals surface area contributed by atoms with Crippen molar-refractivity contribution in [1.29, 1.82) is 0 Å². The lowest BCUT2D eigenvalue weighted by Gasteiger charge is -2.15. The minimum atomic E-state index is 0.223. The molecule has 74 valence electrons. The Hall–Kier alpha value is -0.680. The molecule has 5 heteroatoms. The Bertz CT molecular complexity index is 262. The Morgan fingerprint density at radius 3 is 2.62 bits per heavy atom. The number of ether oxygens (including phenoxy) is 1. The highest BCUT2D eigenvalue weighted by molar-refractivity contribution is 7.09. The van der Waals surface area contributed by atoms with Gasteiger partial charge in [0, 0.05) is 11.5 Å². The van der Waals surface area contributed by atoms with Crippen LogP contribution < -0.4 is 5.73 Å². The number of nitrogens with two attached hydrogens (primary N) is 1. The van der Waals surface area contributed by atoms with Crippen molar-refractivity contribution in [2.45, 2.75) is 33.5 Å². The molecule has 0 aliphatic heterocycles. The number of hydrogen-bond acceptors (Lipinski definition) is 5. The third-order valence-corrected chi connectivity index (χ3v) is 2.60. The summed E-state index contributed by atoms with van der Waals surface area (Å²) in [6.07, 6.45) is 0.223. The van der Waals surface area contributed by atoms with Gasteiger partial charge in [0.2, 0.25) is 0 Å². The zero-order valence-electron chi connectivity index (χ0n) is 8.15. The molecule has 4 nitrogen and oxygen atoms in total. The van der Waals surface area contributed by atoms with Crippen molar-refractivity contribution < 1.29 is 4.74 Å². The van der Waals surface area contributed by atoms with Gasteiger partial charge < -0.3 is 10.5 Å². The van der Waals surface area contributed by atoms with E-state index >= 15 is 0 Å². The van der Waals surface area contributed by atoms with Gasteiger partial charge in [-0.2, -0.15) is 0 Å². The number of nitrogen functional groups attached to an aromatic ring is 1. The van der Waals surface area contributed by atoms with Crippen molar-refractivity contribution in [2.24, 2.45) is 5.92 Å². The van der Waals surface area contributed by atoms with Crippen LogP contribution in [0, 0.1) is 5.92 Å². The second kappa shape index (κ2) is 4.53. The molecule has 0 amide bonds. The second-order valence-corrected chi connectivity index (χ2v) is 4.13. The Morgan fingerprint density at radius 2 is 2.15 bits per heavy atom. The van der Waals surface area contributed by atoms with Gasteiger partial charge in [-0.3, -0.25) is 0 Å². The molecule has 1 aromatic rings. The predicted octanol–water partition coefficient (Wildman–Crippen LogP) is 1.68. The van der Waals surface area contributed by atoms with Crippen molar-refractivity contribution in [3.8, 4) is 0 Å². The quantitative estimate of drug-likeness (QED) is 0.805. The monoisotopic (exact) mass is 201 g/mol. The van der Waals surface area contributed by atoms with Gasteiger partial charge in [0.05, 0.1) is 12.7 Å². The van der Waals surface area contributed by atoms with Gasteiger partial charge in [-0.05, 0) is 12.8 Å². The molecule has 0 aromatic carbocycles. The molecule has 0 saturated heterocycles. The highest BCUT2D eigenvalue weighted by Crippen LogP contribution is 2.15. The first-order valence-corrected chi connectivity index (χ1v) is 5.07. The van der Waals surface area contributed by atoms with Crippen LogP contribution in [0.4, 0.5) is 5.00 Å². The molecular weight excluding hydrogens is 186 g/mol. The Morgan fingerprint density at radius 1 is 1.46 bits per heavy atom. The smallest absolute Gasteiger partial charge is 0.133 e. The molecule has 2 N–H and O–H groups in total. The van der Waals surface area contributed by atoms with Crippen molar-refractivity contribution in [2.75, 3.05) is 5.73 Å². The van der Waals surface area contributed by atoms with E-state index in [1.807, 2.05) is 6.92 Å². The summed E-state index contributed by atoms with van der Waals surface area (Å²) >= 11 is 1.20. The molecule has 0 fully saturated rings. The molecule has 1 atom stereocenters. The third kappa shape index (κ3) is 2.93. The van der Waals surface area contributed by atoms with Gasteiger partial charge in [0.15, 0.2) is 0 Å². The molecule has 0 aliphatic rings. The molecule has 13 heavy (non-hydrogen) atoms. The predicted molar refractivity (Wildman–Crippen MR) is 53.4 cm³/mol. The maximum atomic E-state index is 5.62. The third-order valence-electron chi connectivity index (χ3n) is 2.01. The topological polar surface area (TPSA) is 61.0 Å². The van der Waals surface area contributed by atoms with Crippen LogP contribution in [0.15, 0.2) is 0 Å². The molecule has 1 aromatic heterocycles. The number of rotatable bonds is 4. The van der Waals surface area contributed by atoms with Crippen molar-refractivity contribution in [3.63, 3.8) is 0 Å². The van der Waals surface area contributed by atoms with Crippen LogP contribution in [0.5, 0.6) is 0 Å². The molecule has 1 unspecified atom stereocenters. The summed E-state index contributed by atoms with van der Waals surface area (Å²) in [6.45, 7) is 6.74. The van der Waals surface area contributed by atoms with Gasteiger partial charge in [0.25, 0.3) is 0 Å². The van der Waals surface area contributed by atoms with E-state index in [1.165, 1.54) is 11.5 Å². The summed E-state index contributed by atoms with van der Waals surface area (Å²) in [5.74, 6) is 0.507. The van der Waals surface area contributed by atoms with Crippen LogP contribution in [-0.4, -0.2) is 15.7 Å². The van der Waals surface area contributed by atoms with E-state index < -0.39 is 0 Å².